The van der Waals surface area contributed by atoms with E-state index >= 15 is 0 Å². The van der Waals surface area contributed by atoms with Crippen LogP contribution in [-0.4, -0.2) is 90.3 Å². The molecule has 2 atom stereocenters. The van der Waals surface area contributed by atoms with Gasteiger partial charge in [-0.3, -0.25) is 0 Å². The van der Waals surface area contributed by atoms with E-state index in [1.165, 1.54) is 25.0 Å². The van der Waals surface area contributed by atoms with Crippen LogP contribution in [-0.2, 0) is 20.9 Å². The maximum Gasteiger partial charge on any atom is 0.111 e. The average Bonchev–Trinajstić information content (AvgIpc) is 2.76. The van der Waals surface area contributed by atoms with Crippen LogP contribution >= 0.6 is 11.6 Å². The fraction of sp³-hybridized carbons (Fsp3) is 0.739. The Kier molecular flexibility index (Phi) is 20.3. The number of halogens is 1. The number of methoxy groups -OCH3 is 2. The molecule has 0 spiro atoms. The molecule has 0 fully saturated rings. The van der Waals surface area contributed by atoms with Gasteiger partial charge in [-0.15, -0.1) is 11.6 Å². The zero-order valence-corrected chi connectivity index (χ0v) is 21.0. The minimum atomic E-state index is 0.670. The summed E-state index contributed by atoms with van der Waals surface area (Å²) in [5, 5.41) is 0. The second-order valence-corrected chi connectivity index (χ2v) is 7.52. The Bertz CT molecular complexity index is 459. The van der Waals surface area contributed by atoms with E-state index in [0.29, 0.717) is 4.65 Å². The molecule has 0 N–H and O–H groups in total. The van der Waals surface area contributed by atoms with Gasteiger partial charge < -0.3 is 14.0 Å². The van der Waals surface area contributed by atoms with Crippen LogP contribution < -0.4 is 0 Å². The van der Waals surface area contributed by atoms with Crippen molar-refractivity contribution < 1.29 is 23.4 Å². The first-order valence-corrected chi connectivity index (χ1v) is 11.3. The highest BCUT2D eigenvalue weighted by Crippen LogP contribution is 2.12. The lowest BCUT2D eigenvalue weighted by molar-refractivity contribution is -1.09. The molecular formula is C23H47ClN2O3+2. The second-order valence-electron chi connectivity index (χ2n) is 7.52. The van der Waals surface area contributed by atoms with Gasteiger partial charge in [0.05, 0.1) is 47.5 Å². The van der Waals surface area contributed by atoms with Crippen molar-refractivity contribution in [1.82, 2.24) is 0 Å². The molecule has 1 aromatic carbocycles. The molecule has 0 aliphatic rings. The summed E-state index contributed by atoms with van der Waals surface area (Å²) >= 11 is 4.64. The van der Waals surface area contributed by atoms with Gasteiger partial charge in [0.15, 0.2) is 0 Å². The van der Waals surface area contributed by atoms with E-state index in [-0.39, 0.29) is 0 Å². The maximum absolute atomic E-state index is 5.32. The lowest BCUT2D eigenvalue weighted by Gasteiger charge is -2.33. The van der Waals surface area contributed by atoms with Crippen molar-refractivity contribution in [2.75, 3.05) is 81.2 Å². The molecule has 1 aromatic rings. The molecule has 0 amide bonds. The van der Waals surface area contributed by atoms with Gasteiger partial charge in [0.2, 0.25) is 0 Å². The van der Waals surface area contributed by atoms with Gasteiger partial charge in [-0.25, -0.2) is 4.84 Å². The Morgan fingerprint density at radius 2 is 1.31 bits per heavy atom. The molecule has 0 radical (unpaired) electrons. The smallest absolute Gasteiger partial charge is 0.111 e. The minimum Gasteiger partial charge on any atom is -0.384 e. The molecule has 29 heavy (non-hydrogen) atoms. The number of rotatable bonds is 13. The molecular weight excluding hydrogens is 388 g/mol. The first-order chi connectivity index (χ1) is 13.9. The minimum absolute atomic E-state index is 0.670. The van der Waals surface area contributed by atoms with Gasteiger partial charge in [-0.2, -0.15) is 4.65 Å². The van der Waals surface area contributed by atoms with Crippen LogP contribution in [0.3, 0.4) is 0 Å². The number of ether oxygens (including phenoxy) is 2. The molecule has 0 aliphatic carbocycles. The maximum atomic E-state index is 5.32. The standard InChI is InChI=1S/C14H24NO.C8H20NO2.CH3Cl/c1-4-15(2,11-8-12-16-3)13-14-9-6-5-7-10-14;1-5-9(2,11-4)7-6-8-10-3;1-2/h5-7,9-10H,4,8,11-13H2,1-3H3;5-8H2,1-4H3;1H3/q2*+1;. The van der Waals surface area contributed by atoms with E-state index in [1.807, 2.05) is 0 Å². The molecule has 1 rings (SSSR count). The summed E-state index contributed by atoms with van der Waals surface area (Å²) < 4.78 is 11.8. The summed E-state index contributed by atoms with van der Waals surface area (Å²) in [5.41, 5.74) is 1.42. The van der Waals surface area contributed by atoms with E-state index in [2.05, 4.69) is 69.9 Å². The van der Waals surface area contributed by atoms with Crippen molar-refractivity contribution in [3.05, 3.63) is 35.9 Å². The van der Waals surface area contributed by atoms with Crippen LogP contribution in [0.2, 0.25) is 0 Å². The molecule has 0 heterocycles. The van der Waals surface area contributed by atoms with Gasteiger partial charge in [0, 0.05) is 39.0 Å². The Morgan fingerprint density at radius 3 is 1.72 bits per heavy atom. The van der Waals surface area contributed by atoms with E-state index in [4.69, 9.17) is 14.3 Å². The van der Waals surface area contributed by atoms with Crippen LogP contribution in [0.1, 0.15) is 32.3 Å². The summed E-state index contributed by atoms with van der Waals surface area (Å²) in [6.07, 6.45) is 3.66. The average molecular weight is 435 g/mol. The van der Waals surface area contributed by atoms with Gasteiger partial charge in [0.1, 0.15) is 19.6 Å². The summed E-state index contributed by atoms with van der Waals surface area (Å²) in [7, 11) is 9.64. The highest BCUT2D eigenvalue weighted by Gasteiger charge is 2.19. The summed E-state index contributed by atoms with van der Waals surface area (Å²) in [5.74, 6) is 0. The third-order valence-electron chi connectivity index (χ3n) is 5.31. The summed E-state index contributed by atoms with van der Waals surface area (Å²) in [6, 6.07) is 10.7. The summed E-state index contributed by atoms with van der Waals surface area (Å²) in [6.45, 7) is 11.5. The third-order valence-corrected chi connectivity index (χ3v) is 5.31. The Labute approximate surface area is 185 Å². The monoisotopic (exact) mass is 434 g/mol. The van der Waals surface area contributed by atoms with E-state index in [9.17, 15) is 0 Å². The molecule has 0 saturated carbocycles. The SMILES string of the molecule is CC[N+](C)(CCCOC)Cc1ccccc1.CC[N+](C)(CCCOC)OC.CCl. The topological polar surface area (TPSA) is 27.7 Å². The third kappa shape index (κ3) is 15.8. The first-order valence-electron chi connectivity index (χ1n) is 10.5. The molecule has 0 saturated heterocycles. The van der Waals surface area contributed by atoms with Crippen LogP contribution in [0.4, 0.5) is 0 Å². The lowest BCUT2D eigenvalue weighted by Crippen LogP contribution is -2.44. The van der Waals surface area contributed by atoms with Crippen molar-refractivity contribution in [1.29, 1.82) is 0 Å². The Balaban J connectivity index is 0. The molecule has 6 heteroatoms. The first kappa shape index (κ1) is 30.5. The Hall–Kier alpha value is -0.690. The highest BCUT2D eigenvalue weighted by molar-refractivity contribution is 6.15. The van der Waals surface area contributed by atoms with Gasteiger partial charge in [-0.05, 0) is 13.8 Å². The normalized spacial score (nSPS) is 14.5. The van der Waals surface area contributed by atoms with Crippen LogP contribution in [0.5, 0.6) is 0 Å². The lowest BCUT2D eigenvalue weighted by atomic mass is 10.2. The van der Waals surface area contributed by atoms with Crippen LogP contribution in [0.15, 0.2) is 30.3 Å². The van der Waals surface area contributed by atoms with Crippen molar-refractivity contribution in [2.24, 2.45) is 0 Å². The highest BCUT2D eigenvalue weighted by atomic mass is 35.5. The number of hydrogen-bond donors (Lipinski definition) is 0. The number of hydroxylamine groups is 3. The molecule has 172 valence electrons. The molecule has 0 aliphatic heterocycles. The number of nitrogens with zero attached hydrogens (tertiary/aromatic N) is 2. The van der Waals surface area contributed by atoms with E-state index < -0.39 is 0 Å². The second kappa shape index (κ2) is 19.3. The predicted molar refractivity (Wildman–Crippen MR) is 125 cm³/mol. The predicted octanol–water partition coefficient (Wildman–Crippen LogP) is 4.60. The van der Waals surface area contributed by atoms with Crippen LogP contribution in [0.25, 0.3) is 0 Å². The molecule has 0 aromatic heterocycles. The quantitative estimate of drug-likeness (QED) is 0.196. The fourth-order valence-electron chi connectivity index (χ4n) is 2.89. The number of alkyl halides is 1. The zero-order chi connectivity index (χ0) is 22.6. The van der Waals surface area contributed by atoms with Crippen molar-refractivity contribution in [2.45, 2.75) is 33.2 Å². The largest absolute Gasteiger partial charge is 0.384 e. The summed E-state index contributed by atoms with van der Waals surface area (Å²) in [4.78, 5) is 5.32. The van der Waals surface area contributed by atoms with E-state index in [0.717, 1.165) is 50.2 Å². The zero-order valence-electron chi connectivity index (χ0n) is 20.2. The van der Waals surface area contributed by atoms with E-state index in [1.54, 1.807) is 21.3 Å². The molecule has 5 nitrogen and oxygen atoms in total. The Morgan fingerprint density at radius 1 is 0.793 bits per heavy atom. The number of hydrogen-bond acceptors (Lipinski definition) is 3. The molecule has 0 bridgehead atoms. The van der Waals surface area contributed by atoms with Gasteiger partial charge in [-0.1, -0.05) is 30.3 Å². The van der Waals surface area contributed by atoms with Crippen molar-refractivity contribution >= 4 is 11.6 Å². The fourth-order valence-corrected chi connectivity index (χ4v) is 2.89. The van der Waals surface area contributed by atoms with Crippen molar-refractivity contribution in [3.63, 3.8) is 0 Å². The number of benzene rings is 1. The van der Waals surface area contributed by atoms with Gasteiger partial charge in [0.25, 0.3) is 0 Å². The van der Waals surface area contributed by atoms with Crippen molar-refractivity contribution in [3.8, 4) is 0 Å². The molecule has 2 unspecified atom stereocenters. The van der Waals surface area contributed by atoms with Crippen LogP contribution in [0, 0.1) is 0 Å². The number of quaternary nitrogens is 2. The van der Waals surface area contributed by atoms with Gasteiger partial charge >= 0.3 is 0 Å².